The van der Waals surface area contributed by atoms with E-state index in [0.717, 1.165) is 33.5 Å². The molecule has 3 heterocycles. The molecule has 1 unspecified atom stereocenters. The van der Waals surface area contributed by atoms with Crippen molar-refractivity contribution in [1.29, 1.82) is 0 Å². The third kappa shape index (κ3) is 2.32. The SMILES string of the molecule is NC(=O)c1cnn2ccc3c2c1-c1ccccc1NC3c1ccccc1Cl. The molecule has 27 heavy (non-hydrogen) atoms. The molecule has 0 bridgehead atoms. The van der Waals surface area contributed by atoms with Gasteiger partial charge in [0.2, 0.25) is 0 Å². The van der Waals surface area contributed by atoms with E-state index in [-0.39, 0.29) is 6.04 Å². The summed E-state index contributed by atoms with van der Waals surface area (Å²) in [5.41, 5.74) is 11.5. The van der Waals surface area contributed by atoms with Crippen LogP contribution in [-0.2, 0) is 0 Å². The molecular weight excluding hydrogens is 360 g/mol. The van der Waals surface area contributed by atoms with Gasteiger partial charge < -0.3 is 11.1 Å². The summed E-state index contributed by atoms with van der Waals surface area (Å²) in [5.74, 6) is -0.502. The lowest BCUT2D eigenvalue weighted by Crippen LogP contribution is -2.14. The molecule has 5 rings (SSSR count). The number of fused-ring (bicyclic) bond motifs is 2. The molecule has 1 aliphatic rings. The van der Waals surface area contributed by atoms with Crippen molar-refractivity contribution in [3.05, 3.63) is 88.7 Å². The van der Waals surface area contributed by atoms with E-state index in [0.29, 0.717) is 10.6 Å². The fourth-order valence-electron chi connectivity index (χ4n) is 3.81. The highest BCUT2D eigenvalue weighted by Gasteiger charge is 2.29. The Hall–Kier alpha value is -3.31. The van der Waals surface area contributed by atoms with E-state index in [2.05, 4.69) is 10.4 Å². The van der Waals surface area contributed by atoms with Crippen LogP contribution in [-0.4, -0.2) is 15.5 Å². The number of rotatable bonds is 2. The second-order valence-electron chi connectivity index (χ2n) is 6.51. The zero-order valence-electron chi connectivity index (χ0n) is 14.2. The van der Waals surface area contributed by atoms with E-state index in [4.69, 9.17) is 17.3 Å². The quantitative estimate of drug-likeness (QED) is 0.550. The van der Waals surface area contributed by atoms with Crippen molar-refractivity contribution in [2.75, 3.05) is 5.32 Å². The van der Waals surface area contributed by atoms with E-state index in [9.17, 15) is 4.79 Å². The zero-order valence-corrected chi connectivity index (χ0v) is 14.9. The van der Waals surface area contributed by atoms with Gasteiger partial charge in [-0.1, -0.05) is 48.0 Å². The van der Waals surface area contributed by atoms with Crippen molar-refractivity contribution in [3.8, 4) is 11.1 Å². The molecule has 0 radical (unpaired) electrons. The number of halogens is 1. The Balaban J connectivity index is 1.92. The molecule has 0 fully saturated rings. The van der Waals surface area contributed by atoms with Crippen LogP contribution < -0.4 is 11.1 Å². The number of hydrogen-bond donors (Lipinski definition) is 2. The predicted octanol–water partition coefficient (Wildman–Crippen LogP) is 4.27. The third-order valence-corrected chi connectivity index (χ3v) is 5.35. The minimum Gasteiger partial charge on any atom is -0.374 e. The first kappa shape index (κ1) is 15.9. The van der Waals surface area contributed by atoms with E-state index in [1.807, 2.05) is 60.8 Å². The van der Waals surface area contributed by atoms with Crippen LogP contribution in [0.1, 0.15) is 27.5 Å². The highest BCUT2D eigenvalue weighted by molar-refractivity contribution is 6.31. The lowest BCUT2D eigenvalue weighted by atomic mass is 9.96. The van der Waals surface area contributed by atoms with Gasteiger partial charge in [-0.3, -0.25) is 4.79 Å². The number of primary amides is 1. The molecule has 0 saturated heterocycles. The predicted molar refractivity (Wildman–Crippen MR) is 106 cm³/mol. The summed E-state index contributed by atoms with van der Waals surface area (Å²) in [5, 5.41) is 8.66. The molecule has 132 valence electrons. The van der Waals surface area contributed by atoms with Gasteiger partial charge in [-0.15, -0.1) is 0 Å². The Kier molecular flexibility index (Phi) is 3.45. The molecule has 1 aliphatic heterocycles. The van der Waals surface area contributed by atoms with Gasteiger partial charge in [-0.2, -0.15) is 5.10 Å². The second-order valence-corrected chi connectivity index (χ2v) is 6.91. The molecule has 4 aromatic rings. The van der Waals surface area contributed by atoms with Gasteiger partial charge in [-0.05, 0) is 23.8 Å². The summed E-state index contributed by atoms with van der Waals surface area (Å²) in [6.07, 6.45) is 3.42. The van der Waals surface area contributed by atoms with Gasteiger partial charge in [0.15, 0.2) is 0 Å². The van der Waals surface area contributed by atoms with Crippen LogP contribution in [0.3, 0.4) is 0 Å². The third-order valence-electron chi connectivity index (χ3n) is 5.00. The fraction of sp³-hybridized carbons (Fsp3) is 0.0476. The molecular formula is C21H15ClN4O. The van der Waals surface area contributed by atoms with Crippen molar-refractivity contribution in [1.82, 2.24) is 9.61 Å². The topological polar surface area (TPSA) is 72.4 Å². The number of carbonyl (C=O) groups excluding carboxylic acids is 1. The van der Waals surface area contributed by atoms with Crippen LogP contribution in [0.15, 0.2) is 67.0 Å². The molecule has 0 spiro atoms. The van der Waals surface area contributed by atoms with Crippen molar-refractivity contribution in [2.24, 2.45) is 5.73 Å². The minimum atomic E-state index is -0.502. The van der Waals surface area contributed by atoms with Gasteiger partial charge in [0.1, 0.15) is 0 Å². The lowest BCUT2D eigenvalue weighted by molar-refractivity contribution is 0.100. The summed E-state index contributed by atoms with van der Waals surface area (Å²) in [4.78, 5) is 12.1. The maximum absolute atomic E-state index is 12.1. The standard InChI is InChI=1S/C21H15ClN4O/c22-16-7-3-1-5-12(16)19-14-9-10-26-20(14)18(15(11-24-26)21(23)27)13-6-2-4-8-17(13)25-19/h1-11,19,25H,(H2,23,27). The van der Waals surface area contributed by atoms with Gasteiger partial charge in [0.05, 0.1) is 23.3 Å². The lowest BCUT2D eigenvalue weighted by Gasteiger charge is -2.20. The minimum absolute atomic E-state index is 0.184. The summed E-state index contributed by atoms with van der Waals surface area (Å²) in [6.45, 7) is 0. The normalized spacial score (nSPS) is 15.1. The Morgan fingerprint density at radius 1 is 1.07 bits per heavy atom. The Bertz CT molecular complexity index is 1210. The molecule has 3 N–H and O–H groups in total. The fourth-order valence-corrected chi connectivity index (χ4v) is 4.06. The number of amides is 1. The van der Waals surface area contributed by atoms with E-state index in [1.165, 1.54) is 6.20 Å². The first-order valence-corrected chi connectivity index (χ1v) is 8.93. The molecule has 6 heteroatoms. The van der Waals surface area contributed by atoms with Gasteiger partial charge in [0.25, 0.3) is 5.91 Å². The number of nitrogens with one attached hydrogen (secondary N) is 1. The molecule has 5 nitrogen and oxygen atoms in total. The average molecular weight is 375 g/mol. The van der Waals surface area contributed by atoms with Gasteiger partial charge in [0, 0.05) is 33.6 Å². The van der Waals surface area contributed by atoms with Crippen molar-refractivity contribution in [3.63, 3.8) is 0 Å². The van der Waals surface area contributed by atoms with Crippen molar-refractivity contribution >= 4 is 28.7 Å². The van der Waals surface area contributed by atoms with E-state index < -0.39 is 5.91 Å². The number of nitrogens with two attached hydrogens (primary N) is 1. The van der Waals surface area contributed by atoms with Crippen molar-refractivity contribution < 1.29 is 4.79 Å². The number of nitrogens with zero attached hydrogens (tertiary/aromatic N) is 2. The first-order valence-electron chi connectivity index (χ1n) is 8.55. The maximum Gasteiger partial charge on any atom is 0.251 e. The number of aromatic nitrogens is 2. The molecule has 0 saturated carbocycles. The van der Waals surface area contributed by atoms with Crippen LogP contribution in [0.5, 0.6) is 0 Å². The largest absolute Gasteiger partial charge is 0.374 e. The van der Waals surface area contributed by atoms with E-state index >= 15 is 0 Å². The first-order chi connectivity index (χ1) is 13.1. The summed E-state index contributed by atoms with van der Waals surface area (Å²) in [6, 6.07) is 17.5. The Morgan fingerprint density at radius 2 is 1.85 bits per heavy atom. The summed E-state index contributed by atoms with van der Waals surface area (Å²) in [7, 11) is 0. The molecule has 2 aromatic carbocycles. The van der Waals surface area contributed by atoms with Crippen molar-refractivity contribution in [2.45, 2.75) is 6.04 Å². The summed E-state index contributed by atoms with van der Waals surface area (Å²) < 4.78 is 1.78. The summed E-state index contributed by atoms with van der Waals surface area (Å²) >= 11 is 6.51. The highest BCUT2D eigenvalue weighted by atomic mass is 35.5. The van der Waals surface area contributed by atoms with Gasteiger partial charge >= 0.3 is 0 Å². The van der Waals surface area contributed by atoms with Crippen LogP contribution >= 0.6 is 11.6 Å². The average Bonchev–Trinajstić information content (AvgIpc) is 3.04. The van der Waals surface area contributed by atoms with Crippen LogP contribution in [0.25, 0.3) is 16.6 Å². The molecule has 1 atom stereocenters. The Labute approximate surface area is 160 Å². The molecule has 0 aliphatic carbocycles. The molecule has 1 amide bonds. The van der Waals surface area contributed by atoms with Crippen LogP contribution in [0.2, 0.25) is 5.02 Å². The monoisotopic (exact) mass is 374 g/mol. The smallest absolute Gasteiger partial charge is 0.251 e. The second kappa shape index (κ2) is 5.86. The number of anilines is 1. The van der Waals surface area contributed by atoms with Crippen LogP contribution in [0, 0.1) is 0 Å². The van der Waals surface area contributed by atoms with Gasteiger partial charge in [-0.25, -0.2) is 4.52 Å². The number of carbonyl (C=O) groups is 1. The Morgan fingerprint density at radius 3 is 2.67 bits per heavy atom. The zero-order chi connectivity index (χ0) is 18.5. The van der Waals surface area contributed by atoms with E-state index in [1.54, 1.807) is 4.52 Å². The number of hydrogen-bond acceptors (Lipinski definition) is 3. The number of para-hydroxylation sites is 1. The maximum atomic E-state index is 12.1. The molecule has 2 aromatic heterocycles. The number of benzene rings is 2. The highest BCUT2D eigenvalue weighted by Crippen LogP contribution is 2.44. The van der Waals surface area contributed by atoms with Crippen LogP contribution in [0.4, 0.5) is 5.69 Å².